The van der Waals surface area contributed by atoms with Crippen molar-refractivity contribution >= 4 is 23.5 Å². The van der Waals surface area contributed by atoms with Gasteiger partial charge in [-0.15, -0.1) is 0 Å². The molecule has 0 radical (unpaired) electrons. The highest BCUT2D eigenvalue weighted by molar-refractivity contribution is 5.98. The molecule has 0 atom stereocenters. The zero-order valence-corrected chi connectivity index (χ0v) is 15.9. The van der Waals surface area contributed by atoms with E-state index in [1.165, 1.54) is 32.4 Å². The Kier molecular flexibility index (Phi) is 7.38. The zero-order chi connectivity index (χ0) is 20.5. The number of nitrogens with one attached hydrogen (secondary N) is 2. The molecule has 2 N–H and O–H groups in total. The standard InChI is InChI=1S/C20H22N2O6/c1-4-27-17-11-14(8-9-16(17)26-3)20(25)28-12-18(23)22-15-7-5-6-13(10-15)19(24)21-2/h5-11H,4,12H2,1-3H3,(H,21,24)(H,22,23). The monoisotopic (exact) mass is 386 g/mol. The van der Waals surface area contributed by atoms with Crippen molar-refractivity contribution in [3.8, 4) is 11.5 Å². The van der Waals surface area contributed by atoms with Gasteiger partial charge in [0.15, 0.2) is 18.1 Å². The number of carbonyl (C=O) groups excluding carboxylic acids is 3. The average molecular weight is 386 g/mol. The van der Waals surface area contributed by atoms with Gasteiger partial charge in [0.05, 0.1) is 19.3 Å². The summed E-state index contributed by atoms with van der Waals surface area (Å²) in [5.41, 5.74) is 1.06. The fraction of sp³-hybridized carbons (Fsp3) is 0.250. The second-order valence-electron chi connectivity index (χ2n) is 5.58. The lowest BCUT2D eigenvalue weighted by molar-refractivity contribution is -0.119. The summed E-state index contributed by atoms with van der Waals surface area (Å²) >= 11 is 0. The van der Waals surface area contributed by atoms with Crippen LogP contribution in [-0.2, 0) is 9.53 Å². The molecule has 0 aliphatic rings. The number of rotatable bonds is 8. The van der Waals surface area contributed by atoms with Gasteiger partial charge in [0.25, 0.3) is 11.8 Å². The van der Waals surface area contributed by atoms with Crippen LogP contribution in [0.5, 0.6) is 11.5 Å². The second-order valence-corrected chi connectivity index (χ2v) is 5.58. The van der Waals surface area contributed by atoms with Crippen LogP contribution < -0.4 is 20.1 Å². The van der Waals surface area contributed by atoms with E-state index in [1.54, 1.807) is 24.3 Å². The van der Waals surface area contributed by atoms with Gasteiger partial charge in [0.1, 0.15) is 0 Å². The van der Waals surface area contributed by atoms with E-state index in [4.69, 9.17) is 14.2 Å². The summed E-state index contributed by atoms with van der Waals surface area (Å²) in [5.74, 6) is -0.562. The lowest BCUT2D eigenvalue weighted by Crippen LogP contribution is -2.22. The van der Waals surface area contributed by atoms with Crippen LogP contribution in [0.15, 0.2) is 42.5 Å². The lowest BCUT2D eigenvalue weighted by atomic mass is 10.2. The first-order valence-electron chi connectivity index (χ1n) is 8.58. The number of carbonyl (C=O) groups is 3. The summed E-state index contributed by atoms with van der Waals surface area (Å²) in [7, 11) is 3.02. The summed E-state index contributed by atoms with van der Waals surface area (Å²) in [6.07, 6.45) is 0. The van der Waals surface area contributed by atoms with Gasteiger partial charge < -0.3 is 24.8 Å². The molecule has 0 spiro atoms. The predicted octanol–water partition coefficient (Wildman–Crippen LogP) is 2.25. The predicted molar refractivity (Wildman–Crippen MR) is 103 cm³/mol. The quantitative estimate of drug-likeness (QED) is 0.675. The molecule has 0 saturated carbocycles. The molecule has 0 bridgehead atoms. The molecule has 2 rings (SSSR count). The maximum absolute atomic E-state index is 12.2. The maximum atomic E-state index is 12.2. The molecule has 0 saturated heterocycles. The normalized spacial score (nSPS) is 9.96. The highest BCUT2D eigenvalue weighted by Crippen LogP contribution is 2.28. The van der Waals surface area contributed by atoms with Gasteiger partial charge in [-0.05, 0) is 43.3 Å². The lowest BCUT2D eigenvalue weighted by Gasteiger charge is -2.11. The van der Waals surface area contributed by atoms with Crippen molar-refractivity contribution in [1.82, 2.24) is 5.32 Å². The van der Waals surface area contributed by atoms with E-state index in [9.17, 15) is 14.4 Å². The van der Waals surface area contributed by atoms with Gasteiger partial charge in [0, 0.05) is 18.3 Å². The van der Waals surface area contributed by atoms with Crippen molar-refractivity contribution in [1.29, 1.82) is 0 Å². The molecule has 0 aromatic heterocycles. The van der Waals surface area contributed by atoms with Crippen LogP contribution >= 0.6 is 0 Å². The minimum Gasteiger partial charge on any atom is -0.493 e. The number of ether oxygens (including phenoxy) is 3. The molecule has 148 valence electrons. The van der Waals surface area contributed by atoms with E-state index >= 15 is 0 Å². The Hall–Kier alpha value is -3.55. The number of hydrogen-bond donors (Lipinski definition) is 2. The van der Waals surface area contributed by atoms with Crippen molar-refractivity contribution in [3.05, 3.63) is 53.6 Å². The molecule has 0 heterocycles. The fourth-order valence-corrected chi connectivity index (χ4v) is 2.37. The molecule has 8 nitrogen and oxygen atoms in total. The van der Waals surface area contributed by atoms with E-state index in [1.807, 2.05) is 6.92 Å². The van der Waals surface area contributed by atoms with Crippen LogP contribution in [-0.4, -0.2) is 45.2 Å². The first-order chi connectivity index (χ1) is 13.5. The minimum absolute atomic E-state index is 0.235. The molecule has 8 heteroatoms. The molecule has 0 aliphatic heterocycles. The van der Waals surface area contributed by atoms with Crippen LogP contribution in [0.1, 0.15) is 27.6 Å². The van der Waals surface area contributed by atoms with Crippen molar-refractivity contribution < 1.29 is 28.6 Å². The van der Waals surface area contributed by atoms with E-state index in [-0.39, 0.29) is 11.5 Å². The topological polar surface area (TPSA) is 103 Å². The number of anilines is 1. The number of hydrogen-bond acceptors (Lipinski definition) is 6. The molecule has 2 aromatic carbocycles. The summed E-state index contributed by atoms with van der Waals surface area (Å²) in [6, 6.07) is 11.0. The van der Waals surface area contributed by atoms with E-state index in [0.717, 1.165) is 0 Å². The summed E-state index contributed by atoms with van der Waals surface area (Å²) in [5, 5.41) is 5.08. The number of amides is 2. The van der Waals surface area contributed by atoms with Gasteiger partial charge in [0.2, 0.25) is 0 Å². The number of esters is 1. The summed E-state index contributed by atoms with van der Waals surface area (Å²) in [6.45, 7) is 1.75. The molecule has 0 aliphatic carbocycles. The third-order valence-corrected chi connectivity index (χ3v) is 3.67. The highest BCUT2D eigenvalue weighted by Gasteiger charge is 2.14. The largest absolute Gasteiger partial charge is 0.493 e. The van der Waals surface area contributed by atoms with Crippen molar-refractivity contribution in [2.75, 3.05) is 32.7 Å². The van der Waals surface area contributed by atoms with Crippen LogP contribution in [0.25, 0.3) is 0 Å². The fourth-order valence-electron chi connectivity index (χ4n) is 2.37. The smallest absolute Gasteiger partial charge is 0.338 e. The zero-order valence-electron chi connectivity index (χ0n) is 15.9. The van der Waals surface area contributed by atoms with Crippen molar-refractivity contribution in [3.63, 3.8) is 0 Å². The van der Waals surface area contributed by atoms with Crippen LogP contribution in [0.3, 0.4) is 0 Å². The molecule has 2 amide bonds. The Labute approximate surface area is 162 Å². The van der Waals surface area contributed by atoms with Gasteiger partial charge in [-0.25, -0.2) is 4.79 Å². The van der Waals surface area contributed by atoms with Crippen LogP contribution in [0, 0.1) is 0 Å². The number of methoxy groups -OCH3 is 1. The third kappa shape index (κ3) is 5.47. The average Bonchev–Trinajstić information content (AvgIpc) is 2.71. The van der Waals surface area contributed by atoms with Crippen molar-refractivity contribution in [2.45, 2.75) is 6.92 Å². The van der Waals surface area contributed by atoms with Gasteiger partial charge >= 0.3 is 5.97 Å². The summed E-state index contributed by atoms with van der Waals surface area (Å²) in [4.78, 5) is 35.9. The van der Waals surface area contributed by atoms with E-state index in [2.05, 4.69) is 10.6 Å². The van der Waals surface area contributed by atoms with Gasteiger partial charge in [-0.3, -0.25) is 9.59 Å². The van der Waals surface area contributed by atoms with Crippen molar-refractivity contribution in [2.24, 2.45) is 0 Å². The van der Waals surface area contributed by atoms with Crippen LogP contribution in [0.4, 0.5) is 5.69 Å². The van der Waals surface area contributed by atoms with E-state index in [0.29, 0.717) is 29.4 Å². The first kappa shape index (κ1) is 20.8. The molecule has 2 aromatic rings. The highest BCUT2D eigenvalue weighted by atomic mass is 16.5. The summed E-state index contributed by atoms with van der Waals surface area (Å²) < 4.78 is 15.6. The SMILES string of the molecule is CCOc1cc(C(=O)OCC(=O)Nc2cccc(C(=O)NC)c2)ccc1OC. The van der Waals surface area contributed by atoms with Gasteiger partial charge in [-0.1, -0.05) is 6.07 Å². The Morgan fingerprint density at radius 2 is 1.79 bits per heavy atom. The van der Waals surface area contributed by atoms with E-state index < -0.39 is 18.5 Å². The molecular formula is C20H22N2O6. The van der Waals surface area contributed by atoms with Gasteiger partial charge in [-0.2, -0.15) is 0 Å². The third-order valence-electron chi connectivity index (χ3n) is 3.67. The maximum Gasteiger partial charge on any atom is 0.338 e. The molecular weight excluding hydrogens is 364 g/mol. The Balaban J connectivity index is 1.96. The molecule has 0 unspecified atom stereocenters. The number of benzene rings is 2. The first-order valence-corrected chi connectivity index (χ1v) is 8.58. The minimum atomic E-state index is -0.669. The van der Waals surface area contributed by atoms with Crippen LogP contribution in [0.2, 0.25) is 0 Å². The Morgan fingerprint density at radius 3 is 2.46 bits per heavy atom. The second kappa shape index (κ2) is 9.96. The molecule has 0 fully saturated rings. The molecule has 28 heavy (non-hydrogen) atoms. The Morgan fingerprint density at radius 1 is 1.00 bits per heavy atom. The Bertz CT molecular complexity index is 866.